The third-order valence-corrected chi connectivity index (χ3v) is 5.90. The van der Waals surface area contributed by atoms with Crippen molar-refractivity contribution in [1.29, 1.82) is 0 Å². The lowest BCUT2D eigenvalue weighted by atomic mass is 10.1. The highest BCUT2D eigenvalue weighted by Crippen LogP contribution is 2.38. The first-order valence-electron chi connectivity index (χ1n) is 8.21. The maximum atomic E-state index is 4.56. The summed E-state index contributed by atoms with van der Waals surface area (Å²) in [6.07, 6.45) is 6.88. The minimum absolute atomic E-state index is 1.09. The lowest BCUT2D eigenvalue weighted by Crippen LogP contribution is -1.88. The van der Waals surface area contributed by atoms with E-state index >= 15 is 0 Å². The molecular weight excluding hydrogens is 320 g/mol. The fourth-order valence-corrected chi connectivity index (χ4v) is 4.60. The highest BCUT2D eigenvalue weighted by atomic mass is 32.2. The van der Waals surface area contributed by atoms with Gasteiger partial charge in [0, 0.05) is 10.9 Å². The summed E-state index contributed by atoms with van der Waals surface area (Å²) < 4.78 is 0. The summed E-state index contributed by atoms with van der Waals surface area (Å²) in [6.45, 7) is 4.37. The van der Waals surface area contributed by atoms with Gasteiger partial charge in [0.2, 0.25) is 0 Å². The van der Waals surface area contributed by atoms with Gasteiger partial charge in [-0.25, -0.2) is 9.97 Å². The van der Waals surface area contributed by atoms with E-state index in [1.54, 1.807) is 17.7 Å². The Labute approximate surface area is 146 Å². The molecule has 0 N–H and O–H groups in total. The number of thiophene rings is 1. The van der Waals surface area contributed by atoms with E-state index in [0.717, 1.165) is 15.6 Å². The van der Waals surface area contributed by atoms with Gasteiger partial charge in [0.25, 0.3) is 0 Å². The summed E-state index contributed by atoms with van der Waals surface area (Å²) in [5.74, 6) is 1.13. The van der Waals surface area contributed by atoms with Crippen molar-refractivity contribution in [2.24, 2.45) is 0 Å². The Kier molecular flexibility index (Phi) is 5.68. The van der Waals surface area contributed by atoms with Crippen molar-refractivity contribution in [3.8, 4) is 11.1 Å². The van der Waals surface area contributed by atoms with Gasteiger partial charge in [0.05, 0.1) is 5.39 Å². The molecule has 1 aromatic carbocycles. The third kappa shape index (κ3) is 3.93. The molecule has 0 fully saturated rings. The van der Waals surface area contributed by atoms with E-state index in [-0.39, 0.29) is 0 Å². The zero-order valence-electron chi connectivity index (χ0n) is 13.7. The summed E-state index contributed by atoms with van der Waals surface area (Å²) >= 11 is 3.58. The van der Waals surface area contributed by atoms with Crippen LogP contribution in [0.15, 0.2) is 41.0 Å². The van der Waals surface area contributed by atoms with E-state index in [9.17, 15) is 0 Å². The largest absolute Gasteiger partial charge is 0.229 e. The third-order valence-electron chi connectivity index (χ3n) is 3.93. The van der Waals surface area contributed by atoms with Gasteiger partial charge in [-0.15, -0.1) is 23.1 Å². The Morgan fingerprint density at radius 1 is 1.04 bits per heavy atom. The van der Waals surface area contributed by atoms with Gasteiger partial charge in [-0.2, -0.15) is 0 Å². The minimum atomic E-state index is 1.09. The maximum absolute atomic E-state index is 4.56. The number of nitrogens with zero attached hydrogens (tertiary/aromatic N) is 2. The molecule has 120 valence electrons. The summed E-state index contributed by atoms with van der Waals surface area (Å²) in [4.78, 5) is 10.1. The van der Waals surface area contributed by atoms with Gasteiger partial charge in [-0.3, -0.25) is 0 Å². The molecule has 3 aromatic rings. The molecule has 0 unspecified atom stereocenters. The molecule has 0 saturated heterocycles. The summed E-state index contributed by atoms with van der Waals surface area (Å²) in [7, 11) is 0. The summed E-state index contributed by atoms with van der Waals surface area (Å²) in [6, 6.07) is 8.72. The highest BCUT2D eigenvalue weighted by molar-refractivity contribution is 7.99. The molecule has 3 rings (SSSR count). The normalized spacial score (nSPS) is 11.2. The van der Waals surface area contributed by atoms with Crippen LogP contribution in [0.1, 0.15) is 38.2 Å². The summed E-state index contributed by atoms with van der Waals surface area (Å²) in [5, 5.41) is 4.57. The van der Waals surface area contributed by atoms with Gasteiger partial charge in [0.1, 0.15) is 16.2 Å². The van der Waals surface area contributed by atoms with Gasteiger partial charge in [-0.1, -0.05) is 56.0 Å². The molecule has 0 radical (unpaired) electrons. The van der Waals surface area contributed by atoms with Crippen molar-refractivity contribution in [2.45, 2.75) is 44.6 Å². The van der Waals surface area contributed by atoms with Gasteiger partial charge >= 0.3 is 0 Å². The van der Waals surface area contributed by atoms with E-state index in [2.05, 4.69) is 53.5 Å². The molecule has 4 heteroatoms. The second kappa shape index (κ2) is 7.93. The quantitative estimate of drug-likeness (QED) is 0.285. The van der Waals surface area contributed by atoms with Crippen molar-refractivity contribution < 1.29 is 0 Å². The Morgan fingerprint density at radius 3 is 2.65 bits per heavy atom. The fraction of sp³-hybridized carbons (Fsp3) is 0.368. The molecule has 0 amide bonds. The second-order valence-electron chi connectivity index (χ2n) is 5.78. The van der Waals surface area contributed by atoms with E-state index in [1.807, 2.05) is 11.8 Å². The standard InChI is InChI=1S/C19H22N2S2/c1-3-4-5-6-11-22-18-17-16(12-23-19(17)21-13-20-18)15-9-7-14(2)8-10-15/h7-10,12-13H,3-6,11H2,1-2H3. The topological polar surface area (TPSA) is 25.8 Å². The van der Waals surface area contributed by atoms with Crippen molar-refractivity contribution in [1.82, 2.24) is 9.97 Å². The molecule has 0 aliphatic heterocycles. The number of hydrogen-bond acceptors (Lipinski definition) is 4. The number of thioether (sulfide) groups is 1. The monoisotopic (exact) mass is 342 g/mol. The Balaban J connectivity index is 1.86. The number of hydrogen-bond donors (Lipinski definition) is 0. The first-order valence-corrected chi connectivity index (χ1v) is 10.1. The van der Waals surface area contributed by atoms with Crippen LogP contribution in [-0.2, 0) is 0 Å². The molecule has 0 bridgehead atoms. The average Bonchev–Trinajstić information content (AvgIpc) is 3.00. The van der Waals surface area contributed by atoms with E-state index in [1.165, 1.54) is 47.8 Å². The average molecular weight is 343 g/mol. The predicted molar refractivity (Wildman–Crippen MR) is 102 cm³/mol. The molecule has 0 atom stereocenters. The SMILES string of the molecule is CCCCCCSc1ncnc2scc(-c3ccc(C)cc3)c12. The van der Waals surface area contributed by atoms with E-state index in [0.29, 0.717) is 0 Å². The Bertz CT molecular complexity index is 763. The molecule has 2 nitrogen and oxygen atoms in total. The van der Waals surface area contributed by atoms with Crippen molar-refractivity contribution in [3.05, 3.63) is 41.5 Å². The Hall–Kier alpha value is -1.39. The smallest absolute Gasteiger partial charge is 0.128 e. The first-order chi connectivity index (χ1) is 11.3. The maximum Gasteiger partial charge on any atom is 0.128 e. The molecule has 0 aliphatic carbocycles. The van der Waals surface area contributed by atoms with E-state index in [4.69, 9.17) is 0 Å². The van der Waals surface area contributed by atoms with Crippen LogP contribution < -0.4 is 0 Å². The van der Waals surface area contributed by atoms with Crippen molar-refractivity contribution >= 4 is 33.3 Å². The number of rotatable bonds is 7. The van der Waals surface area contributed by atoms with Crippen molar-refractivity contribution in [3.63, 3.8) is 0 Å². The molecule has 0 aliphatic rings. The van der Waals surface area contributed by atoms with E-state index < -0.39 is 0 Å². The lowest BCUT2D eigenvalue weighted by Gasteiger charge is -2.05. The summed E-state index contributed by atoms with van der Waals surface area (Å²) in [5.41, 5.74) is 3.81. The van der Waals surface area contributed by atoms with Crippen LogP contribution in [-0.4, -0.2) is 15.7 Å². The van der Waals surface area contributed by atoms with Gasteiger partial charge in [-0.05, 0) is 24.7 Å². The number of aryl methyl sites for hydroxylation is 1. The number of fused-ring (bicyclic) bond motifs is 1. The van der Waals surface area contributed by atoms with Crippen molar-refractivity contribution in [2.75, 3.05) is 5.75 Å². The number of unbranched alkanes of at least 4 members (excludes halogenated alkanes) is 3. The molecule has 23 heavy (non-hydrogen) atoms. The molecule has 2 heterocycles. The van der Waals surface area contributed by atoms with Crippen LogP contribution in [0.5, 0.6) is 0 Å². The van der Waals surface area contributed by atoms with Crippen LogP contribution in [0.3, 0.4) is 0 Å². The molecule has 0 spiro atoms. The van der Waals surface area contributed by atoms with Gasteiger partial charge < -0.3 is 0 Å². The van der Waals surface area contributed by atoms with Crippen LogP contribution in [0.4, 0.5) is 0 Å². The fourth-order valence-electron chi connectivity index (χ4n) is 2.60. The molecular formula is C19H22N2S2. The first kappa shape index (κ1) is 16.5. The zero-order valence-corrected chi connectivity index (χ0v) is 15.3. The second-order valence-corrected chi connectivity index (χ2v) is 7.73. The van der Waals surface area contributed by atoms with Crippen LogP contribution in [0.25, 0.3) is 21.3 Å². The van der Waals surface area contributed by atoms with Gasteiger partial charge in [0.15, 0.2) is 0 Å². The molecule has 2 aromatic heterocycles. The molecule has 0 saturated carbocycles. The number of aromatic nitrogens is 2. The highest BCUT2D eigenvalue weighted by Gasteiger charge is 2.13. The van der Waals surface area contributed by atoms with Crippen LogP contribution in [0, 0.1) is 6.92 Å². The van der Waals surface area contributed by atoms with Crippen LogP contribution >= 0.6 is 23.1 Å². The van der Waals surface area contributed by atoms with Crippen LogP contribution in [0.2, 0.25) is 0 Å². The minimum Gasteiger partial charge on any atom is -0.229 e. The number of benzene rings is 1. The zero-order chi connectivity index (χ0) is 16.1. The predicted octanol–water partition coefficient (Wildman–Crippen LogP) is 6.34. The Morgan fingerprint density at radius 2 is 1.87 bits per heavy atom. The lowest BCUT2D eigenvalue weighted by molar-refractivity contribution is 0.706.